The van der Waals surface area contributed by atoms with E-state index in [1.54, 1.807) is 0 Å². The SMILES string of the molecule is c1ccc(CN(CCCNC2CCOC2)Cc2ccccc2)cc1. The van der Waals surface area contributed by atoms with E-state index in [4.69, 9.17) is 4.74 Å². The fraction of sp³-hybridized carbons (Fsp3) is 0.429. The van der Waals surface area contributed by atoms with Gasteiger partial charge in [-0.25, -0.2) is 0 Å². The second kappa shape index (κ2) is 9.58. The summed E-state index contributed by atoms with van der Waals surface area (Å²) < 4.78 is 5.42. The highest BCUT2D eigenvalue weighted by atomic mass is 16.5. The van der Waals surface area contributed by atoms with Gasteiger partial charge in [0.15, 0.2) is 0 Å². The molecule has 0 spiro atoms. The molecule has 3 rings (SSSR count). The maximum absolute atomic E-state index is 5.42. The van der Waals surface area contributed by atoms with Gasteiger partial charge in [0.05, 0.1) is 6.61 Å². The first-order valence-electron chi connectivity index (χ1n) is 9.01. The Morgan fingerprint density at radius 1 is 0.917 bits per heavy atom. The highest BCUT2D eigenvalue weighted by Crippen LogP contribution is 2.11. The van der Waals surface area contributed by atoms with Crippen molar-refractivity contribution >= 4 is 0 Å². The third kappa shape index (κ3) is 5.75. The van der Waals surface area contributed by atoms with Gasteiger partial charge in [0.25, 0.3) is 0 Å². The minimum absolute atomic E-state index is 0.557. The van der Waals surface area contributed by atoms with Gasteiger partial charge in [-0.2, -0.15) is 0 Å². The highest BCUT2D eigenvalue weighted by molar-refractivity contribution is 5.17. The molecular formula is C21H28N2O. The van der Waals surface area contributed by atoms with E-state index in [-0.39, 0.29) is 0 Å². The molecule has 1 aliphatic rings. The third-order valence-corrected chi connectivity index (χ3v) is 4.51. The van der Waals surface area contributed by atoms with Crippen LogP contribution in [0.2, 0.25) is 0 Å². The summed E-state index contributed by atoms with van der Waals surface area (Å²) in [6.45, 7) is 5.95. The lowest BCUT2D eigenvalue weighted by molar-refractivity contribution is 0.189. The van der Waals surface area contributed by atoms with E-state index < -0.39 is 0 Å². The first-order chi connectivity index (χ1) is 11.9. The van der Waals surface area contributed by atoms with Gasteiger partial charge in [-0.1, -0.05) is 60.7 Å². The molecule has 0 amide bonds. The first-order valence-corrected chi connectivity index (χ1v) is 9.01. The molecule has 1 atom stereocenters. The Kier molecular flexibility index (Phi) is 6.84. The van der Waals surface area contributed by atoms with Gasteiger partial charge in [-0.05, 0) is 30.5 Å². The molecule has 1 N–H and O–H groups in total. The maximum atomic E-state index is 5.42. The van der Waals surface area contributed by atoms with Crippen LogP contribution in [0.1, 0.15) is 24.0 Å². The van der Waals surface area contributed by atoms with Crippen molar-refractivity contribution in [3.05, 3.63) is 71.8 Å². The van der Waals surface area contributed by atoms with Crippen molar-refractivity contribution in [2.45, 2.75) is 32.0 Å². The average molecular weight is 324 g/mol. The zero-order valence-corrected chi connectivity index (χ0v) is 14.4. The van der Waals surface area contributed by atoms with Crippen LogP contribution in [0.4, 0.5) is 0 Å². The van der Waals surface area contributed by atoms with Crippen molar-refractivity contribution in [1.82, 2.24) is 10.2 Å². The van der Waals surface area contributed by atoms with Gasteiger partial charge in [-0.15, -0.1) is 0 Å². The molecule has 0 aliphatic carbocycles. The van der Waals surface area contributed by atoms with Crippen LogP contribution in [0.15, 0.2) is 60.7 Å². The maximum Gasteiger partial charge on any atom is 0.0620 e. The minimum Gasteiger partial charge on any atom is -0.380 e. The third-order valence-electron chi connectivity index (χ3n) is 4.51. The molecule has 2 aromatic rings. The Bertz CT molecular complexity index is 525. The smallest absolute Gasteiger partial charge is 0.0620 e. The van der Waals surface area contributed by atoms with Crippen molar-refractivity contribution < 1.29 is 4.74 Å². The summed E-state index contributed by atoms with van der Waals surface area (Å²) in [7, 11) is 0. The zero-order chi connectivity index (χ0) is 16.5. The number of nitrogens with zero attached hydrogens (tertiary/aromatic N) is 1. The van der Waals surface area contributed by atoms with Crippen molar-refractivity contribution in [3.63, 3.8) is 0 Å². The van der Waals surface area contributed by atoms with E-state index in [1.165, 1.54) is 11.1 Å². The largest absolute Gasteiger partial charge is 0.380 e. The lowest BCUT2D eigenvalue weighted by Gasteiger charge is -2.23. The molecule has 3 heteroatoms. The van der Waals surface area contributed by atoms with Crippen molar-refractivity contribution in [3.8, 4) is 0 Å². The van der Waals surface area contributed by atoms with E-state index in [0.29, 0.717) is 6.04 Å². The molecule has 1 saturated heterocycles. The fourth-order valence-corrected chi connectivity index (χ4v) is 3.20. The van der Waals surface area contributed by atoms with Crippen LogP contribution in [0.3, 0.4) is 0 Å². The van der Waals surface area contributed by atoms with Crippen LogP contribution in [0, 0.1) is 0 Å². The van der Waals surface area contributed by atoms with Crippen LogP contribution < -0.4 is 5.32 Å². The highest BCUT2D eigenvalue weighted by Gasteiger charge is 2.14. The Balaban J connectivity index is 1.50. The van der Waals surface area contributed by atoms with Gasteiger partial charge in [0.2, 0.25) is 0 Å². The van der Waals surface area contributed by atoms with Crippen LogP contribution in [-0.4, -0.2) is 37.2 Å². The number of rotatable bonds is 9. The van der Waals surface area contributed by atoms with Crippen molar-refractivity contribution in [2.75, 3.05) is 26.3 Å². The van der Waals surface area contributed by atoms with Gasteiger partial charge in [0, 0.05) is 32.3 Å². The van der Waals surface area contributed by atoms with E-state index in [9.17, 15) is 0 Å². The molecule has 0 saturated carbocycles. The molecule has 1 aliphatic heterocycles. The lowest BCUT2D eigenvalue weighted by atomic mass is 10.1. The lowest BCUT2D eigenvalue weighted by Crippen LogP contribution is -2.32. The molecule has 0 aromatic heterocycles. The summed E-state index contributed by atoms with van der Waals surface area (Å²) in [5.74, 6) is 0. The van der Waals surface area contributed by atoms with Gasteiger partial charge >= 0.3 is 0 Å². The fourth-order valence-electron chi connectivity index (χ4n) is 3.20. The molecule has 1 heterocycles. The molecule has 3 nitrogen and oxygen atoms in total. The molecule has 128 valence electrons. The quantitative estimate of drug-likeness (QED) is 0.715. The zero-order valence-electron chi connectivity index (χ0n) is 14.4. The van der Waals surface area contributed by atoms with Crippen LogP contribution in [-0.2, 0) is 17.8 Å². The molecule has 1 unspecified atom stereocenters. The Labute approximate surface area is 145 Å². The first kappa shape index (κ1) is 17.2. The van der Waals surface area contributed by atoms with Crippen LogP contribution in [0.5, 0.6) is 0 Å². The normalized spacial score (nSPS) is 17.5. The van der Waals surface area contributed by atoms with Crippen molar-refractivity contribution in [1.29, 1.82) is 0 Å². The van der Waals surface area contributed by atoms with Crippen molar-refractivity contribution in [2.24, 2.45) is 0 Å². The summed E-state index contributed by atoms with van der Waals surface area (Å²) in [5, 5.41) is 3.61. The molecule has 0 radical (unpaired) electrons. The monoisotopic (exact) mass is 324 g/mol. The van der Waals surface area contributed by atoms with E-state index in [2.05, 4.69) is 70.9 Å². The van der Waals surface area contributed by atoms with Crippen LogP contribution >= 0.6 is 0 Å². The Morgan fingerprint density at radius 2 is 1.54 bits per heavy atom. The molecule has 24 heavy (non-hydrogen) atoms. The second-order valence-electron chi connectivity index (χ2n) is 6.55. The van der Waals surface area contributed by atoms with Crippen LogP contribution in [0.25, 0.3) is 0 Å². The molecule has 2 aromatic carbocycles. The number of hydrogen-bond acceptors (Lipinski definition) is 3. The van der Waals surface area contributed by atoms with Gasteiger partial charge < -0.3 is 10.1 Å². The van der Waals surface area contributed by atoms with E-state index in [1.807, 2.05) is 0 Å². The summed E-state index contributed by atoms with van der Waals surface area (Å²) >= 11 is 0. The Hall–Kier alpha value is -1.68. The van der Waals surface area contributed by atoms with E-state index in [0.717, 1.165) is 52.2 Å². The Morgan fingerprint density at radius 3 is 2.08 bits per heavy atom. The molecule has 1 fully saturated rings. The standard InChI is InChI=1S/C21H28N2O/c1-3-8-19(9-4-1)16-23(17-20-10-5-2-6-11-20)14-7-13-22-21-12-15-24-18-21/h1-6,8-11,21-22H,7,12-18H2. The number of nitrogens with one attached hydrogen (secondary N) is 1. The predicted molar refractivity (Wildman–Crippen MR) is 98.8 cm³/mol. The summed E-state index contributed by atoms with van der Waals surface area (Å²) in [4.78, 5) is 2.54. The van der Waals surface area contributed by atoms with Gasteiger partial charge in [-0.3, -0.25) is 4.90 Å². The summed E-state index contributed by atoms with van der Waals surface area (Å²) in [6, 6.07) is 22.1. The van der Waals surface area contributed by atoms with E-state index >= 15 is 0 Å². The average Bonchev–Trinajstić information content (AvgIpc) is 3.14. The minimum atomic E-state index is 0.557. The number of ether oxygens (including phenoxy) is 1. The summed E-state index contributed by atoms with van der Waals surface area (Å²) in [5.41, 5.74) is 2.76. The number of benzene rings is 2. The molecule has 0 bridgehead atoms. The second-order valence-corrected chi connectivity index (χ2v) is 6.55. The van der Waals surface area contributed by atoms with Gasteiger partial charge in [0.1, 0.15) is 0 Å². The summed E-state index contributed by atoms with van der Waals surface area (Å²) in [6.07, 6.45) is 2.31. The molecular weight excluding hydrogens is 296 g/mol. The predicted octanol–water partition coefficient (Wildman–Crippen LogP) is 3.46. The topological polar surface area (TPSA) is 24.5 Å². The number of hydrogen-bond donors (Lipinski definition) is 1.